The number of halogens is 3. The predicted molar refractivity (Wildman–Crippen MR) is 56.2 cm³/mol. The molecule has 0 fully saturated rings. The second-order valence-corrected chi connectivity index (χ2v) is 5.06. The van der Waals surface area contributed by atoms with Gasteiger partial charge in [-0.1, -0.05) is 12.1 Å². The van der Waals surface area contributed by atoms with Crippen LogP contribution in [0.25, 0.3) is 0 Å². The maximum Gasteiger partial charge on any atom is 0.573 e. The average Bonchev–Trinajstić information content (AvgIpc) is 2.19. The van der Waals surface area contributed by atoms with Crippen LogP contribution < -0.4 is 9.46 Å². The molecule has 1 rings (SSSR count). The average molecular weight is 269 g/mol. The minimum Gasteiger partial charge on any atom is -0.404 e. The summed E-state index contributed by atoms with van der Waals surface area (Å²) in [6, 6.07) is 4.93. The Labute approximate surface area is 96.4 Å². The third-order valence-electron chi connectivity index (χ3n) is 1.76. The van der Waals surface area contributed by atoms with Gasteiger partial charge in [0.05, 0.1) is 11.4 Å². The van der Waals surface area contributed by atoms with Gasteiger partial charge in [-0.2, -0.15) is 0 Å². The van der Waals surface area contributed by atoms with Crippen LogP contribution in [0.1, 0.15) is 6.92 Å². The minimum atomic E-state index is -4.87. The molecule has 1 aromatic rings. The molecule has 1 aromatic carbocycles. The summed E-state index contributed by atoms with van der Waals surface area (Å²) >= 11 is 0. The SMILES string of the molecule is CCS(=O)(=O)Nc1ccccc1OC(F)(F)F. The fraction of sp³-hybridized carbons (Fsp3) is 0.333. The van der Waals surface area contributed by atoms with E-state index in [0.717, 1.165) is 6.07 Å². The Bertz CT molecular complexity index is 485. The third-order valence-corrected chi connectivity index (χ3v) is 3.05. The van der Waals surface area contributed by atoms with Gasteiger partial charge in [-0.05, 0) is 19.1 Å². The van der Waals surface area contributed by atoms with Crippen LogP contribution in [-0.2, 0) is 10.0 Å². The second kappa shape index (κ2) is 4.82. The fourth-order valence-corrected chi connectivity index (χ4v) is 1.65. The number of para-hydroxylation sites is 2. The summed E-state index contributed by atoms with van der Waals surface area (Å²) in [7, 11) is -3.65. The molecule has 0 saturated heterocycles. The lowest BCUT2D eigenvalue weighted by Crippen LogP contribution is -2.20. The fourth-order valence-electron chi connectivity index (χ4n) is 1.00. The maximum atomic E-state index is 12.0. The molecular weight excluding hydrogens is 259 g/mol. The van der Waals surface area contributed by atoms with Gasteiger partial charge >= 0.3 is 6.36 Å². The molecule has 17 heavy (non-hydrogen) atoms. The van der Waals surface area contributed by atoms with Crippen LogP contribution in [-0.4, -0.2) is 20.5 Å². The van der Waals surface area contributed by atoms with E-state index in [0.29, 0.717) is 0 Å². The van der Waals surface area contributed by atoms with Crippen molar-refractivity contribution in [2.45, 2.75) is 13.3 Å². The Morgan fingerprint density at radius 3 is 2.41 bits per heavy atom. The molecule has 8 heteroatoms. The Morgan fingerprint density at radius 2 is 1.88 bits per heavy atom. The molecular formula is C9H10F3NO3S. The first-order valence-corrected chi connectivity index (χ1v) is 6.24. The van der Waals surface area contributed by atoms with E-state index in [4.69, 9.17) is 0 Å². The number of hydrogen-bond acceptors (Lipinski definition) is 3. The lowest BCUT2D eigenvalue weighted by molar-refractivity contribution is -0.274. The van der Waals surface area contributed by atoms with E-state index in [1.165, 1.54) is 25.1 Å². The number of sulfonamides is 1. The highest BCUT2D eigenvalue weighted by atomic mass is 32.2. The molecule has 0 bridgehead atoms. The van der Waals surface area contributed by atoms with Crippen molar-refractivity contribution in [1.29, 1.82) is 0 Å². The summed E-state index contributed by atoms with van der Waals surface area (Å²) in [4.78, 5) is 0. The van der Waals surface area contributed by atoms with Gasteiger partial charge in [0.1, 0.15) is 0 Å². The monoisotopic (exact) mass is 269 g/mol. The number of nitrogens with one attached hydrogen (secondary N) is 1. The van der Waals surface area contributed by atoms with Gasteiger partial charge in [-0.25, -0.2) is 8.42 Å². The molecule has 0 radical (unpaired) electrons. The van der Waals surface area contributed by atoms with Crippen LogP contribution in [0.5, 0.6) is 5.75 Å². The highest BCUT2D eigenvalue weighted by molar-refractivity contribution is 7.92. The molecule has 96 valence electrons. The third kappa shape index (κ3) is 4.51. The summed E-state index contributed by atoms with van der Waals surface area (Å²) in [6.45, 7) is 1.37. The normalized spacial score (nSPS) is 12.2. The zero-order valence-corrected chi connectivity index (χ0v) is 9.60. The number of alkyl halides is 3. The molecule has 0 aliphatic rings. The molecule has 0 aliphatic carbocycles. The molecule has 4 nitrogen and oxygen atoms in total. The molecule has 1 N–H and O–H groups in total. The summed E-state index contributed by atoms with van der Waals surface area (Å²) in [6.07, 6.45) is -4.87. The van der Waals surface area contributed by atoms with Gasteiger partial charge in [0.2, 0.25) is 10.0 Å². The molecule has 0 amide bonds. The molecule has 0 unspecified atom stereocenters. The summed E-state index contributed by atoms with van der Waals surface area (Å²) < 4.78 is 64.3. The standard InChI is InChI=1S/C9H10F3NO3S/c1-2-17(14,15)13-7-5-3-4-6-8(7)16-9(10,11)12/h3-6,13H,2H2,1H3. The van der Waals surface area contributed by atoms with E-state index in [9.17, 15) is 21.6 Å². The number of benzene rings is 1. The van der Waals surface area contributed by atoms with Crippen LogP contribution in [0.3, 0.4) is 0 Å². The van der Waals surface area contributed by atoms with Gasteiger partial charge in [0.15, 0.2) is 5.75 Å². The number of rotatable bonds is 4. The zero-order valence-electron chi connectivity index (χ0n) is 8.78. The van der Waals surface area contributed by atoms with Gasteiger partial charge in [-0.15, -0.1) is 13.2 Å². The molecule has 0 saturated carbocycles. The lowest BCUT2D eigenvalue weighted by atomic mass is 10.3. The second-order valence-electron chi connectivity index (χ2n) is 3.05. The van der Waals surface area contributed by atoms with Crippen LogP contribution in [0.2, 0.25) is 0 Å². The Morgan fingerprint density at radius 1 is 1.29 bits per heavy atom. The predicted octanol–water partition coefficient (Wildman–Crippen LogP) is 2.35. The van der Waals surface area contributed by atoms with Gasteiger partial charge < -0.3 is 4.74 Å². The smallest absolute Gasteiger partial charge is 0.404 e. The number of ether oxygens (including phenoxy) is 1. The van der Waals surface area contributed by atoms with Gasteiger partial charge in [-0.3, -0.25) is 4.72 Å². The van der Waals surface area contributed by atoms with E-state index in [1.807, 2.05) is 4.72 Å². The molecule has 0 atom stereocenters. The molecule has 0 aliphatic heterocycles. The number of hydrogen-bond donors (Lipinski definition) is 1. The van der Waals surface area contributed by atoms with Crippen molar-refractivity contribution in [2.75, 3.05) is 10.5 Å². The summed E-state index contributed by atoms with van der Waals surface area (Å²) in [5.74, 6) is -0.829. The first-order chi connectivity index (χ1) is 7.73. The van der Waals surface area contributed by atoms with Crippen LogP contribution in [0.4, 0.5) is 18.9 Å². The first-order valence-electron chi connectivity index (χ1n) is 4.59. The molecule has 0 spiro atoms. The highest BCUT2D eigenvalue weighted by Gasteiger charge is 2.32. The van der Waals surface area contributed by atoms with Gasteiger partial charge in [0, 0.05) is 0 Å². The van der Waals surface area contributed by atoms with Crippen molar-refractivity contribution in [2.24, 2.45) is 0 Å². The van der Waals surface area contributed by atoms with E-state index >= 15 is 0 Å². The Kier molecular flexibility index (Phi) is 3.87. The summed E-state index contributed by atoms with van der Waals surface area (Å²) in [5.41, 5.74) is -0.244. The van der Waals surface area contributed by atoms with Crippen molar-refractivity contribution in [1.82, 2.24) is 0 Å². The zero-order chi connectivity index (χ0) is 13.1. The maximum absolute atomic E-state index is 12.0. The topological polar surface area (TPSA) is 55.4 Å². The van der Waals surface area contributed by atoms with E-state index < -0.39 is 22.1 Å². The van der Waals surface area contributed by atoms with Crippen LogP contribution in [0, 0.1) is 0 Å². The van der Waals surface area contributed by atoms with E-state index in [-0.39, 0.29) is 11.4 Å². The van der Waals surface area contributed by atoms with Crippen molar-refractivity contribution >= 4 is 15.7 Å². The van der Waals surface area contributed by atoms with E-state index in [2.05, 4.69) is 4.74 Å². The van der Waals surface area contributed by atoms with Crippen molar-refractivity contribution < 1.29 is 26.3 Å². The Balaban J connectivity index is 3.01. The van der Waals surface area contributed by atoms with Crippen molar-refractivity contribution in [3.05, 3.63) is 24.3 Å². The molecule has 0 aromatic heterocycles. The molecule has 0 heterocycles. The summed E-state index contributed by atoms with van der Waals surface area (Å²) in [5, 5.41) is 0. The Hall–Kier alpha value is -1.44. The van der Waals surface area contributed by atoms with Gasteiger partial charge in [0.25, 0.3) is 0 Å². The largest absolute Gasteiger partial charge is 0.573 e. The van der Waals surface area contributed by atoms with E-state index in [1.54, 1.807) is 0 Å². The lowest BCUT2D eigenvalue weighted by Gasteiger charge is -2.13. The minimum absolute atomic E-state index is 0.243. The van der Waals surface area contributed by atoms with Crippen molar-refractivity contribution in [3.8, 4) is 5.75 Å². The van der Waals surface area contributed by atoms with Crippen LogP contribution in [0.15, 0.2) is 24.3 Å². The van der Waals surface area contributed by atoms with Crippen molar-refractivity contribution in [3.63, 3.8) is 0 Å². The quantitative estimate of drug-likeness (QED) is 0.912. The highest BCUT2D eigenvalue weighted by Crippen LogP contribution is 2.30. The van der Waals surface area contributed by atoms with Crippen LogP contribution >= 0.6 is 0 Å². The first kappa shape index (κ1) is 13.6. The number of anilines is 1.